The van der Waals surface area contributed by atoms with Gasteiger partial charge in [-0.3, -0.25) is 0 Å². The molecule has 0 atom stereocenters. The van der Waals surface area contributed by atoms with Crippen LogP contribution < -0.4 is 10.2 Å². The Labute approximate surface area is 125 Å². The minimum atomic E-state index is 0.601. The number of hydrogen-bond donors (Lipinski definition) is 1. The van der Waals surface area contributed by atoms with Crippen LogP contribution in [0.25, 0.3) is 10.9 Å². The topological polar surface area (TPSA) is 44.3 Å². The summed E-state index contributed by atoms with van der Waals surface area (Å²) in [6.45, 7) is 4.14. The van der Waals surface area contributed by atoms with Crippen molar-refractivity contribution in [2.24, 2.45) is 0 Å². The van der Waals surface area contributed by atoms with E-state index in [1.807, 2.05) is 6.07 Å². The van der Waals surface area contributed by atoms with Gasteiger partial charge >= 0.3 is 0 Å². The number of para-hydroxylation sites is 1. The van der Waals surface area contributed by atoms with Gasteiger partial charge in [0.25, 0.3) is 0 Å². The van der Waals surface area contributed by atoms with Gasteiger partial charge < -0.3 is 15.1 Å². The van der Waals surface area contributed by atoms with Crippen LogP contribution in [0.1, 0.15) is 12.8 Å². The van der Waals surface area contributed by atoms with Crippen molar-refractivity contribution in [3.05, 3.63) is 24.3 Å². The van der Waals surface area contributed by atoms with Crippen molar-refractivity contribution in [3.8, 4) is 0 Å². The first kappa shape index (κ1) is 12.8. The van der Waals surface area contributed by atoms with E-state index in [1.165, 1.54) is 12.8 Å². The van der Waals surface area contributed by atoms with Crippen LogP contribution in [0.5, 0.6) is 0 Å². The summed E-state index contributed by atoms with van der Waals surface area (Å²) in [4.78, 5) is 14.2. The van der Waals surface area contributed by atoms with Gasteiger partial charge in [0.15, 0.2) is 0 Å². The molecule has 2 heterocycles. The van der Waals surface area contributed by atoms with Crippen molar-refractivity contribution < 1.29 is 0 Å². The Morgan fingerprint density at radius 1 is 1.05 bits per heavy atom. The number of hydrogen-bond acceptors (Lipinski definition) is 5. The second-order valence-corrected chi connectivity index (χ2v) is 6.10. The van der Waals surface area contributed by atoms with Gasteiger partial charge in [0.05, 0.1) is 5.52 Å². The Morgan fingerprint density at radius 3 is 2.57 bits per heavy atom. The molecule has 0 unspecified atom stereocenters. The van der Waals surface area contributed by atoms with Crippen LogP contribution in [0, 0.1) is 0 Å². The highest BCUT2D eigenvalue weighted by Gasteiger charge is 2.24. The zero-order valence-electron chi connectivity index (χ0n) is 12.4. The molecule has 1 aromatic carbocycles. The van der Waals surface area contributed by atoms with Gasteiger partial charge in [-0.05, 0) is 32.0 Å². The van der Waals surface area contributed by atoms with E-state index < -0.39 is 0 Å². The third-order valence-electron chi connectivity index (χ3n) is 4.30. The fourth-order valence-corrected chi connectivity index (χ4v) is 2.74. The molecule has 2 fully saturated rings. The van der Waals surface area contributed by atoms with Crippen LogP contribution in [-0.2, 0) is 0 Å². The molecule has 0 radical (unpaired) electrons. The number of fused-ring (bicyclic) bond motifs is 1. The lowest BCUT2D eigenvalue weighted by Gasteiger charge is -2.32. The van der Waals surface area contributed by atoms with E-state index in [1.54, 1.807) is 0 Å². The van der Waals surface area contributed by atoms with E-state index in [-0.39, 0.29) is 0 Å². The van der Waals surface area contributed by atoms with E-state index in [0.717, 1.165) is 48.8 Å². The van der Waals surface area contributed by atoms with Crippen LogP contribution in [0.4, 0.5) is 11.8 Å². The molecule has 1 saturated carbocycles. The zero-order chi connectivity index (χ0) is 14.2. The molecule has 0 spiro atoms. The molecule has 1 N–H and O–H groups in total. The van der Waals surface area contributed by atoms with E-state index in [2.05, 4.69) is 40.4 Å². The minimum Gasteiger partial charge on any atom is -0.367 e. The van der Waals surface area contributed by atoms with E-state index in [9.17, 15) is 0 Å². The molecule has 2 aromatic rings. The third kappa shape index (κ3) is 2.65. The normalized spacial score (nSPS) is 20.0. The summed E-state index contributed by atoms with van der Waals surface area (Å²) < 4.78 is 0. The van der Waals surface area contributed by atoms with Crippen molar-refractivity contribution in [1.82, 2.24) is 14.9 Å². The standard InChI is InChI=1S/C16H21N5/c1-20-8-10-21(11-9-20)16-18-14-5-3-2-4-13(14)15(19-16)17-12-6-7-12/h2-5,12H,6-11H2,1H3,(H,17,18,19). The van der Waals surface area contributed by atoms with Crippen molar-refractivity contribution in [2.45, 2.75) is 18.9 Å². The predicted octanol–water partition coefficient (Wildman–Crippen LogP) is 1.96. The van der Waals surface area contributed by atoms with E-state index in [4.69, 9.17) is 9.97 Å². The van der Waals surface area contributed by atoms with Gasteiger partial charge in [0.1, 0.15) is 5.82 Å². The summed E-state index contributed by atoms with van der Waals surface area (Å²) in [6, 6.07) is 8.88. The van der Waals surface area contributed by atoms with Crippen LogP contribution in [0.2, 0.25) is 0 Å². The first-order valence-corrected chi connectivity index (χ1v) is 7.76. The number of nitrogens with one attached hydrogen (secondary N) is 1. The molecule has 5 nitrogen and oxygen atoms in total. The largest absolute Gasteiger partial charge is 0.367 e. The Balaban J connectivity index is 1.71. The summed E-state index contributed by atoms with van der Waals surface area (Å²) in [7, 11) is 2.17. The van der Waals surface area contributed by atoms with Crippen LogP contribution in [-0.4, -0.2) is 54.1 Å². The third-order valence-corrected chi connectivity index (χ3v) is 4.30. The van der Waals surface area contributed by atoms with Gasteiger partial charge in [-0.25, -0.2) is 4.98 Å². The van der Waals surface area contributed by atoms with Crippen molar-refractivity contribution in [1.29, 1.82) is 0 Å². The fourth-order valence-electron chi connectivity index (χ4n) is 2.74. The maximum absolute atomic E-state index is 4.81. The lowest BCUT2D eigenvalue weighted by atomic mass is 10.2. The second kappa shape index (κ2) is 5.15. The number of rotatable bonds is 3. The molecule has 1 saturated heterocycles. The van der Waals surface area contributed by atoms with E-state index in [0.29, 0.717) is 6.04 Å². The number of anilines is 2. The highest BCUT2D eigenvalue weighted by atomic mass is 15.3. The molecule has 0 bridgehead atoms. The Bertz CT molecular complexity index is 644. The average Bonchev–Trinajstić information content (AvgIpc) is 3.32. The van der Waals surface area contributed by atoms with Crippen molar-refractivity contribution >= 4 is 22.7 Å². The summed E-state index contributed by atoms with van der Waals surface area (Å²) in [5, 5.41) is 4.69. The first-order valence-electron chi connectivity index (χ1n) is 7.76. The van der Waals surface area contributed by atoms with Crippen molar-refractivity contribution in [3.63, 3.8) is 0 Å². The maximum Gasteiger partial charge on any atom is 0.227 e. The van der Waals surface area contributed by atoms with Gasteiger partial charge in [-0.15, -0.1) is 0 Å². The number of likely N-dealkylation sites (N-methyl/N-ethyl adjacent to an activating group) is 1. The van der Waals surface area contributed by atoms with Gasteiger partial charge in [0, 0.05) is 37.6 Å². The Hall–Kier alpha value is -1.88. The molecule has 4 rings (SSSR count). The molecule has 1 aliphatic heterocycles. The van der Waals surface area contributed by atoms with Gasteiger partial charge in [-0.2, -0.15) is 4.98 Å². The highest BCUT2D eigenvalue weighted by molar-refractivity contribution is 5.90. The lowest BCUT2D eigenvalue weighted by Crippen LogP contribution is -2.45. The molecular formula is C16H21N5. The molecular weight excluding hydrogens is 262 g/mol. The Kier molecular flexibility index (Phi) is 3.15. The summed E-state index contributed by atoms with van der Waals surface area (Å²) in [6.07, 6.45) is 2.50. The molecule has 110 valence electrons. The van der Waals surface area contributed by atoms with Gasteiger partial charge in [0.2, 0.25) is 5.95 Å². The first-order chi connectivity index (χ1) is 10.3. The SMILES string of the molecule is CN1CCN(c2nc(NC3CC3)c3ccccc3n2)CC1. The number of piperazine rings is 1. The predicted molar refractivity (Wildman–Crippen MR) is 85.9 cm³/mol. The van der Waals surface area contributed by atoms with Crippen LogP contribution >= 0.6 is 0 Å². The molecule has 2 aliphatic rings. The second-order valence-electron chi connectivity index (χ2n) is 6.10. The fraction of sp³-hybridized carbons (Fsp3) is 0.500. The van der Waals surface area contributed by atoms with Crippen LogP contribution in [0.3, 0.4) is 0 Å². The van der Waals surface area contributed by atoms with Crippen LogP contribution in [0.15, 0.2) is 24.3 Å². The van der Waals surface area contributed by atoms with Gasteiger partial charge in [-0.1, -0.05) is 12.1 Å². The lowest BCUT2D eigenvalue weighted by molar-refractivity contribution is 0.311. The average molecular weight is 283 g/mol. The summed E-state index contributed by atoms with van der Waals surface area (Å²) >= 11 is 0. The maximum atomic E-state index is 4.81. The number of aromatic nitrogens is 2. The summed E-state index contributed by atoms with van der Waals surface area (Å²) in [5.41, 5.74) is 1.03. The van der Waals surface area contributed by atoms with E-state index >= 15 is 0 Å². The monoisotopic (exact) mass is 283 g/mol. The van der Waals surface area contributed by atoms with Crippen molar-refractivity contribution in [2.75, 3.05) is 43.4 Å². The molecule has 1 aliphatic carbocycles. The highest BCUT2D eigenvalue weighted by Crippen LogP contribution is 2.29. The molecule has 21 heavy (non-hydrogen) atoms. The molecule has 0 amide bonds. The smallest absolute Gasteiger partial charge is 0.227 e. The molecule has 5 heteroatoms. The zero-order valence-corrected chi connectivity index (χ0v) is 12.4. The number of benzene rings is 1. The Morgan fingerprint density at radius 2 is 1.81 bits per heavy atom. The molecule has 1 aromatic heterocycles. The minimum absolute atomic E-state index is 0.601. The summed E-state index contributed by atoms with van der Waals surface area (Å²) in [5.74, 6) is 1.86. The number of nitrogens with zero attached hydrogens (tertiary/aromatic N) is 4. The quantitative estimate of drug-likeness (QED) is 0.933.